The van der Waals surface area contributed by atoms with E-state index < -0.39 is 0 Å². The van der Waals surface area contributed by atoms with E-state index >= 15 is 0 Å². The Balaban J connectivity index is 2.30. The predicted octanol–water partition coefficient (Wildman–Crippen LogP) is 4.04. The van der Waals surface area contributed by atoms with Gasteiger partial charge in [-0.05, 0) is 37.0 Å². The molecule has 2 rings (SSSR count). The van der Waals surface area contributed by atoms with Gasteiger partial charge < -0.3 is 4.90 Å². The van der Waals surface area contributed by atoms with Crippen LogP contribution >= 0.6 is 0 Å². The van der Waals surface area contributed by atoms with Crippen molar-refractivity contribution in [1.29, 1.82) is 0 Å². The van der Waals surface area contributed by atoms with Crippen LogP contribution in [0.25, 0.3) is 0 Å². The highest BCUT2D eigenvalue weighted by Gasteiger charge is 2.24. The Labute approximate surface area is 114 Å². The minimum atomic E-state index is -0.327. The summed E-state index contributed by atoms with van der Waals surface area (Å²) >= 11 is 0. The molecule has 0 saturated heterocycles. The van der Waals surface area contributed by atoms with Crippen molar-refractivity contribution < 1.29 is 9.18 Å². The molecule has 0 N–H and O–H groups in total. The first-order valence-electron chi connectivity index (χ1n) is 7.12. The molecule has 0 unspecified atom stereocenters. The highest BCUT2D eigenvalue weighted by Crippen LogP contribution is 2.30. The smallest absolute Gasteiger partial charge is 0.150 e. The Morgan fingerprint density at radius 3 is 2.58 bits per heavy atom. The molecule has 0 amide bonds. The first-order valence-corrected chi connectivity index (χ1v) is 7.12. The van der Waals surface area contributed by atoms with E-state index in [0.717, 1.165) is 18.5 Å². The van der Waals surface area contributed by atoms with Crippen LogP contribution in [0.4, 0.5) is 10.1 Å². The Morgan fingerprint density at radius 1 is 1.32 bits per heavy atom. The van der Waals surface area contributed by atoms with Crippen molar-refractivity contribution in [2.24, 2.45) is 5.92 Å². The van der Waals surface area contributed by atoms with Crippen molar-refractivity contribution in [3.63, 3.8) is 0 Å². The van der Waals surface area contributed by atoms with Crippen molar-refractivity contribution in [3.8, 4) is 0 Å². The maximum atomic E-state index is 13.6. The molecular weight excluding hydrogens is 241 g/mol. The van der Waals surface area contributed by atoms with Gasteiger partial charge in [-0.2, -0.15) is 0 Å². The van der Waals surface area contributed by atoms with Gasteiger partial charge in [0.25, 0.3) is 0 Å². The lowest BCUT2D eigenvalue weighted by molar-refractivity contribution is 0.112. The Kier molecular flexibility index (Phi) is 4.56. The number of hydrogen-bond donors (Lipinski definition) is 0. The maximum absolute atomic E-state index is 13.6. The van der Waals surface area contributed by atoms with Crippen LogP contribution in [-0.2, 0) is 0 Å². The van der Waals surface area contributed by atoms with Crippen molar-refractivity contribution >= 4 is 12.0 Å². The molecule has 0 bridgehead atoms. The van der Waals surface area contributed by atoms with Gasteiger partial charge in [-0.3, -0.25) is 4.79 Å². The number of carbonyl (C=O) groups excluding carboxylic acids is 1. The van der Waals surface area contributed by atoms with E-state index in [1.165, 1.54) is 31.7 Å². The molecular formula is C16H22FNO. The topological polar surface area (TPSA) is 20.3 Å². The average Bonchev–Trinajstić information content (AvgIpc) is 2.88. The zero-order chi connectivity index (χ0) is 13.8. The third-order valence-corrected chi connectivity index (χ3v) is 3.70. The van der Waals surface area contributed by atoms with E-state index in [2.05, 4.69) is 18.7 Å². The molecule has 0 heterocycles. The summed E-state index contributed by atoms with van der Waals surface area (Å²) in [5.74, 6) is 0.190. The van der Waals surface area contributed by atoms with Crippen LogP contribution in [0.15, 0.2) is 18.2 Å². The molecule has 0 atom stereocenters. The van der Waals surface area contributed by atoms with E-state index in [9.17, 15) is 9.18 Å². The second-order valence-corrected chi connectivity index (χ2v) is 5.85. The lowest BCUT2D eigenvalue weighted by Crippen LogP contribution is -2.36. The summed E-state index contributed by atoms with van der Waals surface area (Å²) in [6.07, 6.45) is 5.54. The second-order valence-electron chi connectivity index (χ2n) is 5.85. The third kappa shape index (κ3) is 3.55. The van der Waals surface area contributed by atoms with Crippen molar-refractivity contribution in [1.82, 2.24) is 0 Å². The van der Waals surface area contributed by atoms with Crippen molar-refractivity contribution in [2.45, 2.75) is 45.6 Å². The van der Waals surface area contributed by atoms with E-state index in [1.54, 1.807) is 12.1 Å². The number of rotatable bonds is 5. The summed E-state index contributed by atoms with van der Waals surface area (Å²) in [5.41, 5.74) is 1.27. The van der Waals surface area contributed by atoms with Gasteiger partial charge in [-0.1, -0.05) is 26.7 Å². The summed E-state index contributed by atoms with van der Waals surface area (Å²) in [4.78, 5) is 13.2. The van der Waals surface area contributed by atoms with Crippen LogP contribution in [0.3, 0.4) is 0 Å². The second kappa shape index (κ2) is 6.18. The fourth-order valence-corrected chi connectivity index (χ4v) is 2.90. The molecule has 1 aliphatic rings. The molecule has 2 nitrogen and oxygen atoms in total. The summed E-state index contributed by atoms with van der Waals surface area (Å²) in [6.45, 7) is 5.25. The summed E-state index contributed by atoms with van der Waals surface area (Å²) in [5, 5.41) is 0. The third-order valence-electron chi connectivity index (χ3n) is 3.70. The number of hydrogen-bond acceptors (Lipinski definition) is 2. The largest absolute Gasteiger partial charge is 0.368 e. The zero-order valence-corrected chi connectivity index (χ0v) is 11.7. The molecule has 1 aliphatic carbocycles. The van der Waals surface area contributed by atoms with E-state index in [4.69, 9.17) is 0 Å². The van der Waals surface area contributed by atoms with E-state index in [1.807, 2.05) is 0 Å². The van der Waals surface area contributed by atoms with Crippen molar-refractivity contribution in [2.75, 3.05) is 11.4 Å². The molecule has 0 spiro atoms. The van der Waals surface area contributed by atoms with Gasteiger partial charge in [0.15, 0.2) is 0 Å². The molecule has 0 radical (unpaired) electrons. The quantitative estimate of drug-likeness (QED) is 0.747. The molecule has 104 valence electrons. The maximum Gasteiger partial charge on any atom is 0.150 e. The van der Waals surface area contributed by atoms with E-state index in [0.29, 0.717) is 17.5 Å². The Bertz CT molecular complexity index is 438. The first-order chi connectivity index (χ1) is 9.10. The van der Waals surface area contributed by atoms with E-state index in [-0.39, 0.29) is 5.82 Å². The van der Waals surface area contributed by atoms with Gasteiger partial charge in [-0.15, -0.1) is 0 Å². The summed E-state index contributed by atoms with van der Waals surface area (Å²) in [7, 11) is 0. The zero-order valence-electron chi connectivity index (χ0n) is 11.7. The number of halogens is 1. The molecule has 0 aromatic heterocycles. The summed E-state index contributed by atoms with van der Waals surface area (Å²) < 4.78 is 13.6. The molecule has 1 aromatic carbocycles. The number of nitrogens with zero attached hydrogens (tertiary/aromatic N) is 1. The van der Waals surface area contributed by atoms with Crippen LogP contribution in [0.1, 0.15) is 49.9 Å². The van der Waals surface area contributed by atoms with Crippen LogP contribution in [0.5, 0.6) is 0 Å². The van der Waals surface area contributed by atoms with Gasteiger partial charge in [-0.25, -0.2) is 4.39 Å². The highest BCUT2D eigenvalue weighted by molar-refractivity contribution is 5.77. The lowest BCUT2D eigenvalue weighted by Gasteiger charge is -2.33. The molecule has 0 aliphatic heterocycles. The number of carbonyl (C=O) groups is 1. The number of benzene rings is 1. The van der Waals surface area contributed by atoms with Gasteiger partial charge in [0.05, 0.1) is 0 Å². The van der Waals surface area contributed by atoms with Gasteiger partial charge in [0, 0.05) is 23.8 Å². The predicted molar refractivity (Wildman–Crippen MR) is 76.2 cm³/mol. The van der Waals surface area contributed by atoms with Gasteiger partial charge in [0.2, 0.25) is 0 Å². The van der Waals surface area contributed by atoms with Crippen molar-refractivity contribution in [3.05, 3.63) is 29.6 Å². The highest BCUT2D eigenvalue weighted by atomic mass is 19.1. The van der Waals surface area contributed by atoms with Crippen LogP contribution in [0.2, 0.25) is 0 Å². The van der Waals surface area contributed by atoms with Gasteiger partial charge >= 0.3 is 0 Å². The normalized spacial score (nSPS) is 16.0. The fraction of sp³-hybridized carbons (Fsp3) is 0.562. The SMILES string of the molecule is CC(C)CN(c1cc(F)cc(C=O)c1)C1CCCC1. The Morgan fingerprint density at radius 2 is 2.00 bits per heavy atom. The molecule has 1 fully saturated rings. The van der Waals surface area contributed by atoms with Crippen LogP contribution < -0.4 is 4.90 Å². The Hall–Kier alpha value is -1.38. The molecule has 1 saturated carbocycles. The molecule has 19 heavy (non-hydrogen) atoms. The average molecular weight is 263 g/mol. The fourth-order valence-electron chi connectivity index (χ4n) is 2.90. The van der Waals surface area contributed by atoms with Crippen LogP contribution in [0, 0.1) is 11.7 Å². The van der Waals surface area contributed by atoms with Crippen LogP contribution in [-0.4, -0.2) is 18.9 Å². The molecule has 3 heteroatoms. The standard InChI is InChI=1S/C16H22FNO/c1-12(2)10-18(15-5-3-4-6-15)16-8-13(11-19)7-14(17)9-16/h7-9,11-12,15H,3-6,10H2,1-2H3. The minimum absolute atomic E-state index is 0.327. The number of aldehydes is 1. The lowest BCUT2D eigenvalue weighted by atomic mass is 10.1. The molecule has 1 aromatic rings. The monoisotopic (exact) mass is 263 g/mol. The minimum Gasteiger partial charge on any atom is -0.368 e. The summed E-state index contributed by atoms with van der Waals surface area (Å²) in [6, 6.07) is 5.13. The van der Waals surface area contributed by atoms with Gasteiger partial charge in [0.1, 0.15) is 12.1 Å². The number of anilines is 1. The first kappa shape index (κ1) is 14.0.